The van der Waals surface area contributed by atoms with Gasteiger partial charge in [0.15, 0.2) is 0 Å². The Morgan fingerprint density at radius 2 is 1.97 bits per heavy atom. The second-order valence-electron chi connectivity index (χ2n) is 7.88. The molecular weight excluding hydrogens is 472 g/mol. The Balaban J connectivity index is 1.42. The number of rotatable bonds is 8. The number of fused-ring (bicyclic) bond motifs is 1. The molecule has 1 unspecified atom stereocenters. The number of ether oxygens (including phenoxy) is 1. The van der Waals surface area contributed by atoms with Gasteiger partial charge in [0.25, 0.3) is 0 Å². The molecule has 4 N–H and O–H groups in total. The maximum atomic E-state index is 11.8. The third-order valence-electron chi connectivity index (χ3n) is 5.54. The summed E-state index contributed by atoms with van der Waals surface area (Å²) in [5.41, 5.74) is 6.77. The number of primary amides is 1. The molecule has 0 saturated carbocycles. The highest BCUT2D eigenvalue weighted by Gasteiger charge is 2.24. The van der Waals surface area contributed by atoms with Crippen molar-refractivity contribution in [2.75, 3.05) is 36.5 Å². The molecule has 35 heavy (non-hydrogen) atoms. The fourth-order valence-corrected chi connectivity index (χ4v) is 4.71. The molecule has 0 aliphatic carbocycles. The van der Waals surface area contributed by atoms with Gasteiger partial charge < -0.3 is 30.4 Å². The van der Waals surface area contributed by atoms with E-state index in [1.807, 2.05) is 18.2 Å². The molecule has 1 amide bonds. The normalized spacial score (nSPS) is 14.7. The van der Waals surface area contributed by atoms with Crippen LogP contribution in [-0.4, -0.2) is 67.8 Å². The van der Waals surface area contributed by atoms with Crippen molar-refractivity contribution < 1.29 is 19.4 Å². The van der Waals surface area contributed by atoms with Crippen molar-refractivity contribution in [3.8, 4) is 0 Å². The summed E-state index contributed by atoms with van der Waals surface area (Å²) >= 11 is 0.999. The van der Waals surface area contributed by atoms with Crippen LogP contribution >= 0.6 is 11.3 Å². The minimum Gasteiger partial charge on any atom is -0.477 e. The maximum Gasteiger partial charge on any atom is 0.347 e. The summed E-state index contributed by atoms with van der Waals surface area (Å²) in [5.74, 6) is -0.391. The number of amides is 1. The van der Waals surface area contributed by atoms with Gasteiger partial charge in [-0.25, -0.2) is 19.7 Å². The summed E-state index contributed by atoms with van der Waals surface area (Å²) in [7, 11) is 0. The third-order valence-corrected chi connectivity index (χ3v) is 6.63. The average Bonchev–Trinajstić information content (AvgIpc) is 3.51. The van der Waals surface area contributed by atoms with Crippen molar-refractivity contribution in [1.82, 2.24) is 24.5 Å². The van der Waals surface area contributed by atoms with Gasteiger partial charge in [-0.15, -0.1) is 11.3 Å². The number of nitrogens with zero attached hydrogens (tertiary/aromatic N) is 6. The van der Waals surface area contributed by atoms with E-state index in [9.17, 15) is 14.7 Å². The van der Waals surface area contributed by atoms with Gasteiger partial charge in [0, 0.05) is 30.9 Å². The molecule has 0 aromatic carbocycles. The number of carboxylic acid groups (broad SMARTS) is 1. The molecule has 5 rings (SSSR count). The van der Waals surface area contributed by atoms with Crippen LogP contribution in [0.3, 0.4) is 0 Å². The first-order valence-electron chi connectivity index (χ1n) is 10.8. The fourth-order valence-electron chi connectivity index (χ4n) is 3.85. The van der Waals surface area contributed by atoms with E-state index in [0.717, 1.165) is 41.3 Å². The van der Waals surface area contributed by atoms with Gasteiger partial charge in [0.1, 0.15) is 21.3 Å². The van der Waals surface area contributed by atoms with Crippen molar-refractivity contribution in [2.45, 2.75) is 12.5 Å². The predicted molar refractivity (Wildman–Crippen MR) is 129 cm³/mol. The van der Waals surface area contributed by atoms with E-state index in [2.05, 4.69) is 30.2 Å². The first-order chi connectivity index (χ1) is 17.0. The maximum absolute atomic E-state index is 11.8. The predicted octanol–water partition coefficient (Wildman–Crippen LogP) is 2.03. The zero-order valence-electron chi connectivity index (χ0n) is 18.5. The molecule has 0 bridgehead atoms. The second kappa shape index (κ2) is 9.64. The lowest BCUT2D eigenvalue weighted by Gasteiger charge is -2.27. The number of carboxylic acids is 1. The lowest BCUT2D eigenvalue weighted by Crippen LogP contribution is -2.36. The first kappa shape index (κ1) is 22.7. The van der Waals surface area contributed by atoms with E-state index < -0.39 is 17.9 Å². The molecule has 4 aromatic rings. The van der Waals surface area contributed by atoms with Crippen molar-refractivity contribution in [3.05, 3.63) is 52.9 Å². The molecule has 1 fully saturated rings. The standard InChI is InChI=1S/C22H22N8O4S/c23-17(31)9-15(20-25-12-16(35-20)21(32)33)30-4-3-13-10-26-22(28-19(13)30)27-14-1-2-18(24-11-14)29-5-7-34-8-6-29/h1-4,10-12,15H,5-9H2,(H2,23,31)(H,32,33)(H,26,27,28). The number of hydrogen-bond donors (Lipinski definition) is 3. The monoisotopic (exact) mass is 494 g/mol. The van der Waals surface area contributed by atoms with E-state index >= 15 is 0 Å². The molecule has 180 valence electrons. The topological polar surface area (TPSA) is 161 Å². The Bertz CT molecular complexity index is 1360. The van der Waals surface area contributed by atoms with Crippen LogP contribution in [0.5, 0.6) is 0 Å². The highest BCUT2D eigenvalue weighted by molar-refractivity contribution is 7.13. The Morgan fingerprint density at radius 1 is 1.14 bits per heavy atom. The molecule has 0 spiro atoms. The van der Waals surface area contributed by atoms with Crippen LogP contribution in [0.15, 0.2) is 43.0 Å². The van der Waals surface area contributed by atoms with Crippen molar-refractivity contribution in [1.29, 1.82) is 0 Å². The number of carbonyl (C=O) groups is 2. The minimum atomic E-state index is -1.08. The number of anilines is 3. The summed E-state index contributed by atoms with van der Waals surface area (Å²) in [6.45, 7) is 2.97. The molecular formula is C22H22N8O4S. The number of carbonyl (C=O) groups excluding carboxylic acids is 1. The lowest BCUT2D eigenvalue weighted by molar-refractivity contribution is -0.118. The van der Waals surface area contributed by atoms with Gasteiger partial charge in [-0.2, -0.15) is 4.98 Å². The van der Waals surface area contributed by atoms with E-state index in [1.165, 1.54) is 6.20 Å². The summed E-state index contributed by atoms with van der Waals surface area (Å²) in [5, 5.41) is 13.6. The number of hydrogen-bond acceptors (Lipinski definition) is 10. The Hall–Kier alpha value is -4.10. The van der Waals surface area contributed by atoms with Crippen LogP contribution < -0.4 is 16.0 Å². The minimum absolute atomic E-state index is 0.0595. The molecule has 12 nitrogen and oxygen atoms in total. The number of aromatic carboxylic acids is 1. The lowest BCUT2D eigenvalue weighted by atomic mass is 10.2. The zero-order valence-corrected chi connectivity index (χ0v) is 19.3. The summed E-state index contributed by atoms with van der Waals surface area (Å²) < 4.78 is 7.15. The van der Waals surface area contributed by atoms with Crippen LogP contribution in [0.2, 0.25) is 0 Å². The highest BCUT2D eigenvalue weighted by atomic mass is 32.1. The molecule has 13 heteroatoms. The molecule has 1 saturated heterocycles. The number of morpholine rings is 1. The molecule has 1 atom stereocenters. The summed E-state index contributed by atoms with van der Waals surface area (Å²) in [6.07, 6.45) is 6.36. The third kappa shape index (κ3) is 4.90. The zero-order chi connectivity index (χ0) is 24.4. The first-order valence-corrected chi connectivity index (χ1v) is 11.7. The van der Waals surface area contributed by atoms with E-state index in [1.54, 1.807) is 23.2 Å². The number of thiazole rings is 1. The van der Waals surface area contributed by atoms with Crippen LogP contribution in [0.25, 0.3) is 11.0 Å². The van der Waals surface area contributed by atoms with Crippen molar-refractivity contribution in [3.63, 3.8) is 0 Å². The van der Waals surface area contributed by atoms with Gasteiger partial charge in [-0.05, 0) is 18.2 Å². The van der Waals surface area contributed by atoms with Gasteiger partial charge in [-0.1, -0.05) is 0 Å². The van der Waals surface area contributed by atoms with Gasteiger partial charge in [0.05, 0.1) is 43.8 Å². The average molecular weight is 495 g/mol. The number of pyridine rings is 1. The van der Waals surface area contributed by atoms with Crippen molar-refractivity contribution >= 4 is 51.7 Å². The fraction of sp³-hybridized carbons (Fsp3) is 0.273. The quantitative estimate of drug-likeness (QED) is 0.330. The Labute approximate surface area is 203 Å². The number of nitrogens with two attached hydrogens (primary N) is 1. The smallest absolute Gasteiger partial charge is 0.347 e. The number of nitrogens with one attached hydrogen (secondary N) is 1. The second-order valence-corrected chi connectivity index (χ2v) is 8.94. The Kier molecular flexibility index (Phi) is 6.25. The molecule has 1 aliphatic rings. The highest BCUT2D eigenvalue weighted by Crippen LogP contribution is 2.30. The van der Waals surface area contributed by atoms with Crippen LogP contribution in [0.1, 0.15) is 27.1 Å². The largest absolute Gasteiger partial charge is 0.477 e. The molecule has 0 radical (unpaired) electrons. The number of aromatic nitrogens is 5. The SMILES string of the molecule is NC(=O)CC(c1ncc(C(=O)O)s1)n1ccc2cnc(Nc3ccc(N4CCOCC4)nc3)nc21. The van der Waals surface area contributed by atoms with Crippen LogP contribution in [0, 0.1) is 0 Å². The summed E-state index contributed by atoms with van der Waals surface area (Å²) in [4.78, 5) is 43.1. The van der Waals surface area contributed by atoms with E-state index in [0.29, 0.717) is 29.8 Å². The van der Waals surface area contributed by atoms with Gasteiger partial charge >= 0.3 is 5.97 Å². The van der Waals surface area contributed by atoms with Gasteiger partial charge in [-0.3, -0.25) is 4.79 Å². The van der Waals surface area contributed by atoms with E-state index in [-0.39, 0.29) is 11.3 Å². The van der Waals surface area contributed by atoms with E-state index in [4.69, 9.17) is 10.5 Å². The Morgan fingerprint density at radius 3 is 2.66 bits per heavy atom. The molecule has 5 heterocycles. The van der Waals surface area contributed by atoms with Crippen LogP contribution in [-0.2, 0) is 9.53 Å². The molecule has 1 aliphatic heterocycles. The van der Waals surface area contributed by atoms with Crippen LogP contribution in [0.4, 0.5) is 17.5 Å². The molecule has 4 aromatic heterocycles. The van der Waals surface area contributed by atoms with Crippen molar-refractivity contribution in [2.24, 2.45) is 5.73 Å². The van der Waals surface area contributed by atoms with Gasteiger partial charge in [0.2, 0.25) is 11.9 Å². The summed E-state index contributed by atoms with van der Waals surface area (Å²) in [6, 6.07) is 5.06.